The normalized spacial score (nSPS) is 42.6. The molecule has 3 heteroatoms. The summed E-state index contributed by atoms with van der Waals surface area (Å²) in [4.78, 5) is 0. The lowest BCUT2D eigenvalue weighted by molar-refractivity contribution is -0.153. The van der Waals surface area contributed by atoms with Gasteiger partial charge >= 0.3 is 0 Å². The fraction of sp³-hybridized carbons (Fsp3) is 1.00. The van der Waals surface area contributed by atoms with E-state index in [1.165, 1.54) is 0 Å². The number of rotatable bonds is 3. The number of halogens is 1. The molecule has 2 rings (SSSR count). The van der Waals surface area contributed by atoms with Gasteiger partial charge in [-0.1, -0.05) is 13.8 Å². The van der Waals surface area contributed by atoms with E-state index in [0.717, 1.165) is 38.9 Å². The van der Waals surface area contributed by atoms with Gasteiger partial charge in [0.2, 0.25) is 0 Å². The molecule has 1 saturated heterocycles. The van der Waals surface area contributed by atoms with E-state index in [1.807, 2.05) is 0 Å². The molecule has 0 radical (unpaired) electrons. The average molecular weight is 233 g/mol. The lowest BCUT2D eigenvalue weighted by atomic mass is 9.65. The molecule has 0 bridgehead atoms. The average Bonchev–Trinajstić information content (AvgIpc) is 2.29. The largest absolute Gasteiger partial charge is 0.381 e. The summed E-state index contributed by atoms with van der Waals surface area (Å²) in [6.07, 6.45) is 4.98. The van der Waals surface area contributed by atoms with Crippen LogP contribution in [0.3, 0.4) is 0 Å². The van der Waals surface area contributed by atoms with Crippen LogP contribution in [0.5, 0.6) is 0 Å². The molecule has 0 aromatic heterocycles. The van der Waals surface area contributed by atoms with Gasteiger partial charge < -0.3 is 9.47 Å². The summed E-state index contributed by atoms with van der Waals surface area (Å²) in [6.45, 7) is 6.15. The van der Waals surface area contributed by atoms with Crippen LogP contribution < -0.4 is 0 Å². The van der Waals surface area contributed by atoms with E-state index < -0.39 is 0 Å². The van der Waals surface area contributed by atoms with Crippen molar-refractivity contribution in [3.8, 4) is 0 Å². The Morgan fingerprint density at radius 3 is 2.60 bits per heavy atom. The van der Waals surface area contributed by atoms with Crippen molar-refractivity contribution in [3.63, 3.8) is 0 Å². The molecule has 1 heterocycles. The maximum atomic E-state index is 6.26. The Bertz CT molecular complexity index is 216. The monoisotopic (exact) mass is 232 g/mol. The van der Waals surface area contributed by atoms with Crippen molar-refractivity contribution < 1.29 is 9.47 Å². The number of hydrogen-bond donors (Lipinski definition) is 0. The second kappa shape index (κ2) is 4.60. The van der Waals surface area contributed by atoms with Gasteiger partial charge in [-0.2, -0.15) is 0 Å². The van der Waals surface area contributed by atoms with Crippen LogP contribution in [-0.4, -0.2) is 30.8 Å². The first-order valence-electron chi connectivity index (χ1n) is 6.04. The first kappa shape index (κ1) is 11.7. The first-order valence-corrected chi connectivity index (χ1v) is 6.47. The van der Waals surface area contributed by atoms with Gasteiger partial charge in [-0.15, -0.1) is 11.6 Å². The summed E-state index contributed by atoms with van der Waals surface area (Å²) in [5.74, 6) is 0. The molecule has 0 N–H and O–H groups in total. The summed E-state index contributed by atoms with van der Waals surface area (Å²) >= 11 is 6.26. The van der Waals surface area contributed by atoms with Crippen LogP contribution in [0.2, 0.25) is 0 Å². The molecule has 1 aliphatic carbocycles. The predicted octanol–water partition coefficient (Wildman–Crippen LogP) is 2.98. The van der Waals surface area contributed by atoms with E-state index in [4.69, 9.17) is 21.1 Å². The molecule has 2 nitrogen and oxygen atoms in total. The van der Waals surface area contributed by atoms with Crippen molar-refractivity contribution in [2.75, 3.05) is 13.2 Å². The Balaban J connectivity index is 1.84. The second-order valence-corrected chi connectivity index (χ2v) is 5.53. The Morgan fingerprint density at radius 1 is 1.40 bits per heavy atom. The maximum absolute atomic E-state index is 6.26. The highest BCUT2D eigenvalue weighted by atomic mass is 35.5. The highest BCUT2D eigenvalue weighted by molar-refractivity contribution is 6.21. The molecule has 2 aliphatic rings. The summed E-state index contributed by atoms with van der Waals surface area (Å²) in [5.41, 5.74) is 0.194. The Morgan fingerprint density at radius 2 is 2.07 bits per heavy atom. The Hall–Kier alpha value is 0.210. The second-order valence-electron chi connectivity index (χ2n) is 5.00. The van der Waals surface area contributed by atoms with Crippen LogP contribution in [-0.2, 0) is 9.47 Å². The van der Waals surface area contributed by atoms with Gasteiger partial charge in [0.15, 0.2) is 0 Å². The van der Waals surface area contributed by atoms with Gasteiger partial charge in [0, 0.05) is 24.0 Å². The van der Waals surface area contributed by atoms with Gasteiger partial charge in [-0.25, -0.2) is 0 Å². The Kier molecular flexibility index (Phi) is 3.59. The molecule has 88 valence electrons. The topological polar surface area (TPSA) is 18.5 Å². The van der Waals surface area contributed by atoms with E-state index in [-0.39, 0.29) is 5.41 Å². The van der Waals surface area contributed by atoms with Crippen LogP contribution in [0.1, 0.15) is 39.5 Å². The van der Waals surface area contributed by atoms with E-state index in [1.54, 1.807) is 0 Å². The number of ether oxygens (including phenoxy) is 2. The number of alkyl halides is 1. The summed E-state index contributed by atoms with van der Waals surface area (Å²) < 4.78 is 11.5. The van der Waals surface area contributed by atoms with E-state index >= 15 is 0 Å². The molecule has 1 saturated carbocycles. The first-order chi connectivity index (χ1) is 7.16. The van der Waals surface area contributed by atoms with E-state index in [0.29, 0.717) is 17.6 Å². The SMILES string of the molecule is CCC1(C)C(Cl)CC1OC1CCOCC1. The zero-order valence-electron chi connectivity index (χ0n) is 9.67. The van der Waals surface area contributed by atoms with Crippen molar-refractivity contribution in [2.24, 2.45) is 5.41 Å². The lowest BCUT2D eigenvalue weighted by Crippen LogP contribution is -2.54. The molecule has 0 aromatic rings. The summed E-state index contributed by atoms with van der Waals surface area (Å²) in [6, 6.07) is 0. The van der Waals surface area contributed by atoms with Crippen molar-refractivity contribution in [1.29, 1.82) is 0 Å². The van der Waals surface area contributed by atoms with Gasteiger partial charge in [0.25, 0.3) is 0 Å². The molecular weight excluding hydrogens is 212 g/mol. The molecule has 3 unspecified atom stereocenters. The van der Waals surface area contributed by atoms with E-state index in [2.05, 4.69) is 13.8 Å². The van der Waals surface area contributed by atoms with Gasteiger partial charge in [-0.05, 0) is 25.7 Å². The summed E-state index contributed by atoms with van der Waals surface area (Å²) in [5, 5.41) is 0.298. The van der Waals surface area contributed by atoms with Crippen molar-refractivity contribution >= 4 is 11.6 Å². The molecule has 1 aliphatic heterocycles. The Labute approximate surface area is 97.3 Å². The van der Waals surface area contributed by atoms with E-state index in [9.17, 15) is 0 Å². The van der Waals surface area contributed by atoms with Gasteiger partial charge in [-0.3, -0.25) is 0 Å². The third kappa shape index (κ3) is 2.17. The van der Waals surface area contributed by atoms with Crippen LogP contribution in [0.25, 0.3) is 0 Å². The minimum absolute atomic E-state index is 0.194. The molecule has 0 aromatic carbocycles. The highest BCUT2D eigenvalue weighted by Crippen LogP contribution is 2.49. The van der Waals surface area contributed by atoms with Gasteiger partial charge in [0.1, 0.15) is 0 Å². The minimum Gasteiger partial charge on any atom is -0.381 e. The standard InChI is InChI=1S/C12H21ClO2/c1-3-12(2)10(13)8-11(12)15-9-4-6-14-7-5-9/h9-11H,3-8H2,1-2H3. The summed E-state index contributed by atoms with van der Waals surface area (Å²) in [7, 11) is 0. The zero-order chi connectivity index (χ0) is 10.9. The molecule has 15 heavy (non-hydrogen) atoms. The van der Waals surface area contributed by atoms with Crippen molar-refractivity contribution in [1.82, 2.24) is 0 Å². The minimum atomic E-state index is 0.194. The maximum Gasteiger partial charge on any atom is 0.0660 e. The predicted molar refractivity (Wildman–Crippen MR) is 61.4 cm³/mol. The fourth-order valence-corrected chi connectivity index (χ4v) is 2.93. The third-order valence-electron chi connectivity index (χ3n) is 4.16. The molecule has 2 fully saturated rings. The zero-order valence-corrected chi connectivity index (χ0v) is 10.4. The lowest BCUT2D eigenvalue weighted by Gasteiger charge is -2.52. The highest BCUT2D eigenvalue weighted by Gasteiger charge is 2.51. The fourth-order valence-electron chi connectivity index (χ4n) is 2.47. The van der Waals surface area contributed by atoms with Crippen LogP contribution in [0, 0.1) is 5.41 Å². The van der Waals surface area contributed by atoms with Crippen molar-refractivity contribution in [2.45, 2.75) is 57.1 Å². The molecule has 3 atom stereocenters. The van der Waals surface area contributed by atoms with Crippen molar-refractivity contribution in [3.05, 3.63) is 0 Å². The van der Waals surface area contributed by atoms with Crippen LogP contribution in [0.15, 0.2) is 0 Å². The van der Waals surface area contributed by atoms with Crippen LogP contribution in [0.4, 0.5) is 0 Å². The molecule has 0 amide bonds. The van der Waals surface area contributed by atoms with Gasteiger partial charge in [0.05, 0.1) is 12.2 Å². The third-order valence-corrected chi connectivity index (χ3v) is 4.84. The molecular formula is C12H21ClO2. The number of hydrogen-bond acceptors (Lipinski definition) is 2. The molecule has 0 spiro atoms. The smallest absolute Gasteiger partial charge is 0.0660 e. The van der Waals surface area contributed by atoms with Crippen LogP contribution >= 0.6 is 11.6 Å². The quantitative estimate of drug-likeness (QED) is 0.697.